The molecule has 7 nitrogen and oxygen atoms in total. The molecule has 0 atom stereocenters. The van der Waals surface area contributed by atoms with Crippen molar-refractivity contribution in [3.63, 3.8) is 0 Å². The number of benzene rings is 2. The first-order valence-electron chi connectivity index (χ1n) is 12.5. The first-order chi connectivity index (χ1) is 18.0. The van der Waals surface area contributed by atoms with E-state index in [1.807, 2.05) is 61.3 Å². The number of rotatable bonds is 6. The Morgan fingerprint density at radius 2 is 1.26 bits per heavy atom. The molecule has 0 aliphatic heterocycles. The van der Waals surface area contributed by atoms with Crippen LogP contribution in [0, 0.1) is 26.4 Å². The maximum atomic E-state index is 9.78. The third-order valence-corrected chi connectivity index (χ3v) is 7.66. The van der Waals surface area contributed by atoms with E-state index in [1.54, 1.807) is 13.8 Å². The summed E-state index contributed by atoms with van der Waals surface area (Å²) in [6.45, 7) is 12.8. The van der Waals surface area contributed by atoms with Crippen molar-refractivity contribution < 1.29 is 15.3 Å². The normalized spacial score (nSPS) is 12.3. The summed E-state index contributed by atoms with van der Waals surface area (Å²) in [5.74, 6) is 5.77. The van der Waals surface area contributed by atoms with Crippen molar-refractivity contribution in [3.8, 4) is 11.8 Å². The first kappa shape index (κ1) is 32.0. The van der Waals surface area contributed by atoms with Crippen molar-refractivity contribution in [1.29, 1.82) is 0 Å². The van der Waals surface area contributed by atoms with Crippen molar-refractivity contribution in [3.05, 3.63) is 54.7 Å². The summed E-state index contributed by atoms with van der Waals surface area (Å²) in [7, 11) is 0. The molecule has 2 aromatic heterocycles. The van der Waals surface area contributed by atoms with Crippen molar-refractivity contribution in [2.45, 2.75) is 60.2 Å². The fourth-order valence-corrected chi connectivity index (χ4v) is 5.12. The maximum absolute atomic E-state index is 9.78. The average Bonchev–Trinajstić information content (AvgIpc) is 3.33. The highest BCUT2D eigenvalue weighted by molar-refractivity contribution is 14.1. The van der Waals surface area contributed by atoms with E-state index in [0.717, 1.165) is 34.5 Å². The predicted octanol–water partition coefficient (Wildman–Crippen LogP) is 6.36. The van der Waals surface area contributed by atoms with Crippen LogP contribution < -0.4 is 0 Å². The molecule has 39 heavy (non-hydrogen) atoms. The first-order valence-corrected chi connectivity index (χ1v) is 15.2. The van der Waals surface area contributed by atoms with Gasteiger partial charge < -0.3 is 15.3 Å². The van der Waals surface area contributed by atoms with E-state index in [9.17, 15) is 15.3 Å². The van der Waals surface area contributed by atoms with Crippen LogP contribution >= 0.6 is 54.5 Å². The summed E-state index contributed by atoms with van der Waals surface area (Å²) in [6, 6.07) is 12.1. The molecule has 0 unspecified atom stereocenters. The molecule has 4 rings (SSSR count). The van der Waals surface area contributed by atoms with Gasteiger partial charge in [0, 0.05) is 56.9 Å². The largest absolute Gasteiger partial charge is 0.396 e. The lowest BCUT2D eigenvalue weighted by atomic mass is 9.95. The van der Waals surface area contributed by atoms with E-state index in [2.05, 4.69) is 88.6 Å². The molecule has 0 aliphatic rings. The molecule has 0 bridgehead atoms. The highest BCUT2D eigenvalue weighted by Crippen LogP contribution is 2.28. The van der Waals surface area contributed by atoms with Crippen LogP contribution in [0.2, 0.25) is 0 Å². The minimum Gasteiger partial charge on any atom is -0.396 e. The molecule has 3 N–H and O–H groups in total. The van der Waals surface area contributed by atoms with Gasteiger partial charge in [-0.3, -0.25) is 9.36 Å². The van der Waals surface area contributed by atoms with Gasteiger partial charge in [-0.1, -0.05) is 65.5 Å². The van der Waals surface area contributed by atoms with E-state index in [1.165, 1.54) is 0 Å². The van der Waals surface area contributed by atoms with E-state index in [-0.39, 0.29) is 24.0 Å². The van der Waals surface area contributed by atoms with Gasteiger partial charge in [-0.2, -0.15) is 10.2 Å². The third kappa shape index (κ3) is 8.75. The summed E-state index contributed by atoms with van der Waals surface area (Å²) >= 11 is 9.20. The molecule has 0 fully saturated rings. The topological polar surface area (TPSA) is 96.3 Å². The van der Waals surface area contributed by atoms with Crippen LogP contribution in [0.15, 0.2) is 45.3 Å². The predicted molar refractivity (Wildman–Crippen MR) is 172 cm³/mol. The van der Waals surface area contributed by atoms with E-state index in [0.29, 0.717) is 18.8 Å². The quantitative estimate of drug-likeness (QED) is 0.157. The van der Waals surface area contributed by atoms with Crippen LogP contribution in [0.3, 0.4) is 0 Å². The lowest BCUT2D eigenvalue weighted by molar-refractivity contribution is 0.138. The lowest BCUT2D eigenvalue weighted by Gasteiger charge is -2.21. The molecule has 10 heteroatoms. The molecular weight excluding hydrogens is 739 g/mol. The number of nitrogens with zero attached hydrogens (tertiary/aromatic N) is 4. The molecule has 0 aliphatic carbocycles. The van der Waals surface area contributed by atoms with E-state index < -0.39 is 5.60 Å². The Morgan fingerprint density at radius 3 is 1.74 bits per heavy atom. The molecule has 2 heterocycles. The molecule has 0 saturated carbocycles. The number of aromatic nitrogens is 4. The van der Waals surface area contributed by atoms with Gasteiger partial charge in [0.15, 0.2) is 0 Å². The molecule has 0 amide bonds. The number of aliphatic hydroxyl groups is 3. The van der Waals surface area contributed by atoms with Crippen LogP contribution in [-0.4, -0.2) is 53.7 Å². The van der Waals surface area contributed by atoms with Gasteiger partial charge in [0.2, 0.25) is 0 Å². The minimum atomic E-state index is -1.06. The fourth-order valence-electron chi connectivity index (χ4n) is 3.71. The van der Waals surface area contributed by atoms with E-state index >= 15 is 0 Å². The van der Waals surface area contributed by atoms with Crippen LogP contribution in [0.4, 0.5) is 0 Å². The van der Waals surface area contributed by atoms with E-state index in [4.69, 9.17) is 0 Å². The summed E-state index contributed by atoms with van der Waals surface area (Å²) in [6.07, 6.45) is 0. The Bertz CT molecular complexity index is 1520. The second kappa shape index (κ2) is 12.6. The number of hydrogen-bond acceptors (Lipinski definition) is 5. The molecule has 2 aromatic carbocycles. The highest BCUT2D eigenvalue weighted by Gasteiger charge is 2.21. The van der Waals surface area contributed by atoms with Crippen LogP contribution in [0.1, 0.15) is 47.2 Å². The zero-order chi connectivity index (χ0) is 29.2. The molecule has 0 radical (unpaired) electrons. The number of aliphatic hydroxyl groups excluding tert-OH is 2. The standard InChI is InChI=1S/C17H21BrN2O2.C12H14BrIN2O/c1-16(2,11-21)10-20-15-9-12(18)5-6-13(15)14(19-20)7-8-17(3,4)22;1-12(2,7-17)6-16-10-5-8(13)3-4-9(10)11(14)15-16/h5-6,9,21-22H,10-11H2,1-4H3;3-5,17H,6-7H2,1-2H3. The Kier molecular flexibility index (Phi) is 10.3. The smallest absolute Gasteiger partial charge is 0.143 e. The van der Waals surface area contributed by atoms with Gasteiger partial charge in [-0.25, -0.2) is 0 Å². The van der Waals surface area contributed by atoms with Crippen molar-refractivity contribution in [2.75, 3.05) is 13.2 Å². The average molecular weight is 774 g/mol. The van der Waals surface area contributed by atoms with Gasteiger partial charge >= 0.3 is 0 Å². The van der Waals surface area contributed by atoms with Gasteiger partial charge in [-0.15, -0.1) is 0 Å². The second-order valence-corrected chi connectivity index (χ2v) is 14.6. The molecule has 0 spiro atoms. The maximum Gasteiger partial charge on any atom is 0.143 e. The van der Waals surface area contributed by atoms with Gasteiger partial charge in [0.05, 0.1) is 11.0 Å². The summed E-state index contributed by atoms with van der Waals surface area (Å²) in [5, 5.41) is 39.8. The SMILES string of the molecule is CC(C)(CO)Cn1nc(I)c2ccc(Br)cc21.CC(C)(O)C#Cc1nn(CC(C)(C)CO)c2cc(Br)ccc12. The zero-order valence-electron chi connectivity index (χ0n) is 23.1. The van der Waals surface area contributed by atoms with Crippen LogP contribution in [0.25, 0.3) is 21.8 Å². The van der Waals surface area contributed by atoms with Crippen LogP contribution in [0.5, 0.6) is 0 Å². The van der Waals surface area contributed by atoms with Crippen molar-refractivity contribution in [1.82, 2.24) is 19.6 Å². The molecule has 0 saturated heterocycles. The number of halogens is 3. The number of hydrogen-bond donors (Lipinski definition) is 3. The summed E-state index contributed by atoms with van der Waals surface area (Å²) in [5.41, 5.74) is 1.20. The van der Waals surface area contributed by atoms with Crippen molar-refractivity contribution >= 4 is 76.3 Å². The van der Waals surface area contributed by atoms with Crippen molar-refractivity contribution in [2.24, 2.45) is 10.8 Å². The number of fused-ring (bicyclic) bond motifs is 2. The molecular formula is C29H35Br2IN4O3. The highest BCUT2D eigenvalue weighted by atomic mass is 127. The Morgan fingerprint density at radius 1 is 0.795 bits per heavy atom. The Hall–Kier alpha value is -1.49. The molecule has 4 aromatic rings. The van der Waals surface area contributed by atoms with Gasteiger partial charge in [0.1, 0.15) is 15.0 Å². The summed E-state index contributed by atoms with van der Waals surface area (Å²) < 4.78 is 6.84. The second-order valence-electron chi connectivity index (χ2n) is 11.7. The van der Waals surface area contributed by atoms with Crippen LogP contribution in [-0.2, 0) is 13.1 Å². The zero-order valence-corrected chi connectivity index (χ0v) is 28.4. The molecule has 210 valence electrons. The fraction of sp³-hybridized carbons (Fsp3) is 0.448. The van der Waals surface area contributed by atoms with Gasteiger partial charge in [-0.05, 0) is 78.8 Å². The van der Waals surface area contributed by atoms with Gasteiger partial charge in [0.25, 0.3) is 0 Å². The third-order valence-electron chi connectivity index (χ3n) is 5.88. The minimum absolute atomic E-state index is 0.0764. The lowest BCUT2D eigenvalue weighted by Crippen LogP contribution is -2.24. The summed E-state index contributed by atoms with van der Waals surface area (Å²) in [4.78, 5) is 0. The Balaban J connectivity index is 0.000000223. The Labute approximate surface area is 260 Å². The monoisotopic (exact) mass is 772 g/mol.